The first-order valence-corrected chi connectivity index (χ1v) is 7.08. The average Bonchev–Trinajstić information content (AvgIpc) is 2.87. The summed E-state index contributed by atoms with van der Waals surface area (Å²) in [7, 11) is 1.55. The van der Waals surface area contributed by atoms with Crippen molar-refractivity contribution < 1.29 is 14.3 Å². The molecule has 0 aromatic carbocycles. The van der Waals surface area contributed by atoms with Gasteiger partial charge in [-0.2, -0.15) is 0 Å². The monoisotopic (exact) mass is 293 g/mol. The number of nitrogens with two attached hydrogens (primary N) is 1. The normalized spacial score (nSPS) is 18.7. The van der Waals surface area contributed by atoms with Crippen LogP contribution in [0.1, 0.15) is 38.8 Å². The Kier molecular flexibility index (Phi) is 4.25. The van der Waals surface area contributed by atoms with Gasteiger partial charge in [-0.15, -0.1) is 0 Å². The number of rotatable bonds is 2. The zero-order valence-corrected chi connectivity index (χ0v) is 13.0. The number of carbonyl (C=O) groups excluding carboxylic acids is 1. The molecule has 2 heterocycles. The van der Waals surface area contributed by atoms with Gasteiger partial charge in [0.05, 0.1) is 12.8 Å². The first-order valence-electron chi connectivity index (χ1n) is 7.08. The minimum absolute atomic E-state index is 0.187. The molecule has 1 amide bonds. The number of likely N-dealkylation sites (tertiary alicyclic amines) is 1. The summed E-state index contributed by atoms with van der Waals surface area (Å²) in [6.07, 6.45) is 0.590. The van der Waals surface area contributed by atoms with Crippen LogP contribution in [-0.2, 0) is 4.74 Å². The van der Waals surface area contributed by atoms with Crippen LogP contribution in [0.4, 0.5) is 10.5 Å². The van der Waals surface area contributed by atoms with Gasteiger partial charge in [0.25, 0.3) is 0 Å². The summed E-state index contributed by atoms with van der Waals surface area (Å²) in [6.45, 7) is 6.88. The van der Waals surface area contributed by atoms with Crippen molar-refractivity contribution in [1.82, 2.24) is 9.88 Å². The first kappa shape index (κ1) is 15.4. The molecule has 1 aromatic heterocycles. The minimum atomic E-state index is -0.474. The van der Waals surface area contributed by atoms with Gasteiger partial charge in [-0.05, 0) is 39.3 Å². The number of nitrogen functional groups attached to an aromatic ring is 1. The third kappa shape index (κ3) is 3.77. The summed E-state index contributed by atoms with van der Waals surface area (Å²) < 4.78 is 10.5. The van der Waals surface area contributed by atoms with E-state index in [0.717, 1.165) is 12.1 Å². The Morgan fingerprint density at radius 2 is 2.14 bits per heavy atom. The Hall–Kier alpha value is -1.98. The third-order valence-electron chi connectivity index (χ3n) is 3.36. The van der Waals surface area contributed by atoms with Gasteiger partial charge in [0.1, 0.15) is 5.60 Å². The lowest BCUT2D eigenvalue weighted by Gasteiger charge is -2.24. The molecule has 0 spiro atoms. The van der Waals surface area contributed by atoms with Crippen molar-refractivity contribution in [3.63, 3.8) is 0 Å². The molecule has 1 saturated heterocycles. The van der Waals surface area contributed by atoms with Crippen LogP contribution >= 0.6 is 0 Å². The van der Waals surface area contributed by atoms with Crippen LogP contribution in [0.3, 0.4) is 0 Å². The quantitative estimate of drug-likeness (QED) is 0.906. The molecule has 1 atom stereocenters. The molecule has 1 aromatic rings. The van der Waals surface area contributed by atoms with Gasteiger partial charge in [-0.3, -0.25) is 0 Å². The van der Waals surface area contributed by atoms with E-state index in [9.17, 15) is 4.79 Å². The second-order valence-corrected chi connectivity index (χ2v) is 6.25. The molecule has 2 rings (SSSR count). The molecule has 1 aliphatic heterocycles. The van der Waals surface area contributed by atoms with Crippen molar-refractivity contribution in [3.8, 4) is 5.88 Å². The molecule has 0 bridgehead atoms. The van der Waals surface area contributed by atoms with Gasteiger partial charge in [0, 0.05) is 24.7 Å². The zero-order valence-electron chi connectivity index (χ0n) is 13.0. The number of pyridine rings is 1. The van der Waals surface area contributed by atoms with Crippen LogP contribution in [0, 0.1) is 0 Å². The molecule has 1 fully saturated rings. The largest absolute Gasteiger partial charge is 0.480 e. The van der Waals surface area contributed by atoms with E-state index in [1.54, 1.807) is 18.1 Å². The fourth-order valence-electron chi connectivity index (χ4n) is 2.35. The molecule has 116 valence electrons. The highest BCUT2D eigenvalue weighted by molar-refractivity contribution is 5.68. The lowest BCUT2D eigenvalue weighted by atomic mass is 10.0. The molecule has 21 heavy (non-hydrogen) atoms. The Bertz CT molecular complexity index is 525. The van der Waals surface area contributed by atoms with Gasteiger partial charge in [-0.1, -0.05) is 0 Å². The SMILES string of the molecule is COc1nc(C2CCN(C(=O)OC(C)(C)C)C2)ccc1N. The summed E-state index contributed by atoms with van der Waals surface area (Å²) in [4.78, 5) is 18.2. The molecule has 1 unspecified atom stereocenters. The number of nitrogens with zero attached hydrogens (tertiary/aromatic N) is 2. The number of ether oxygens (including phenoxy) is 2. The summed E-state index contributed by atoms with van der Waals surface area (Å²) >= 11 is 0. The highest BCUT2D eigenvalue weighted by Crippen LogP contribution is 2.29. The van der Waals surface area contributed by atoms with Crippen molar-refractivity contribution >= 4 is 11.8 Å². The van der Waals surface area contributed by atoms with E-state index in [1.807, 2.05) is 26.8 Å². The van der Waals surface area contributed by atoms with E-state index < -0.39 is 5.60 Å². The Balaban J connectivity index is 2.04. The van der Waals surface area contributed by atoms with E-state index in [-0.39, 0.29) is 12.0 Å². The fourth-order valence-corrected chi connectivity index (χ4v) is 2.35. The topological polar surface area (TPSA) is 77.7 Å². The summed E-state index contributed by atoms with van der Waals surface area (Å²) in [5, 5.41) is 0. The number of carbonyl (C=O) groups is 1. The average molecular weight is 293 g/mol. The molecular weight excluding hydrogens is 270 g/mol. The number of aromatic nitrogens is 1. The van der Waals surface area contributed by atoms with Gasteiger partial charge < -0.3 is 20.1 Å². The van der Waals surface area contributed by atoms with Crippen molar-refractivity contribution in [2.45, 2.75) is 38.7 Å². The Morgan fingerprint density at radius 1 is 1.43 bits per heavy atom. The molecule has 1 aliphatic rings. The zero-order chi connectivity index (χ0) is 15.6. The highest BCUT2D eigenvalue weighted by Gasteiger charge is 2.31. The number of hydrogen-bond acceptors (Lipinski definition) is 5. The van der Waals surface area contributed by atoms with Crippen LogP contribution in [0.5, 0.6) is 5.88 Å². The lowest BCUT2D eigenvalue weighted by Crippen LogP contribution is -2.35. The maximum absolute atomic E-state index is 12.1. The number of amides is 1. The van der Waals surface area contributed by atoms with E-state index in [4.69, 9.17) is 15.2 Å². The third-order valence-corrected chi connectivity index (χ3v) is 3.36. The van der Waals surface area contributed by atoms with Gasteiger partial charge in [0.2, 0.25) is 5.88 Å². The molecular formula is C15H23N3O3. The summed E-state index contributed by atoms with van der Waals surface area (Å²) in [5.41, 5.74) is 6.71. The second kappa shape index (κ2) is 5.79. The molecule has 6 heteroatoms. The van der Waals surface area contributed by atoms with E-state index in [2.05, 4.69) is 4.98 Å². The summed E-state index contributed by atoms with van der Waals surface area (Å²) in [6, 6.07) is 3.68. The Morgan fingerprint density at radius 3 is 2.76 bits per heavy atom. The predicted molar refractivity (Wildman–Crippen MR) is 80.4 cm³/mol. The van der Waals surface area contributed by atoms with Crippen LogP contribution in [0.25, 0.3) is 0 Å². The standard InChI is InChI=1S/C15H23N3O3/c1-15(2,3)21-14(19)18-8-7-10(9-18)12-6-5-11(16)13(17-12)20-4/h5-6,10H,7-9,16H2,1-4H3. The number of hydrogen-bond donors (Lipinski definition) is 1. The number of methoxy groups -OCH3 is 1. The maximum atomic E-state index is 12.1. The molecule has 2 N–H and O–H groups in total. The van der Waals surface area contributed by atoms with Gasteiger partial charge >= 0.3 is 6.09 Å². The van der Waals surface area contributed by atoms with Crippen LogP contribution in [0.2, 0.25) is 0 Å². The van der Waals surface area contributed by atoms with E-state index in [1.165, 1.54) is 0 Å². The van der Waals surface area contributed by atoms with Crippen molar-refractivity contribution in [1.29, 1.82) is 0 Å². The number of anilines is 1. The van der Waals surface area contributed by atoms with E-state index >= 15 is 0 Å². The molecule has 0 aliphatic carbocycles. The van der Waals surface area contributed by atoms with Crippen molar-refractivity contribution in [3.05, 3.63) is 17.8 Å². The van der Waals surface area contributed by atoms with Crippen molar-refractivity contribution in [2.24, 2.45) is 0 Å². The summed E-state index contributed by atoms with van der Waals surface area (Å²) in [5.74, 6) is 0.621. The first-order chi connectivity index (χ1) is 9.80. The van der Waals surface area contributed by atoms with Crippen molar-refractivity contribution in [2.75, 3.05) is 25.9 Å². The van der Waals surface area contributed by atoms with Crippen LogP contribution in [0.15, 0.2) is 12.1 Å². The van der Waals surface area contributed by atoms with Gasteiger partial charge in [-0.25, -0.2) is 9.78 Å². The molecule has 0 radical (unpaired) electrons. The predicted octanol–water partition coefficient (Wildman–Crippen LogP) is 2.40. The lowest BCUT2D eigenvalue weighted by molar-refractivity contribution is 0.0292. The smallest absolute Gasteiger partial charge is 0.410 e. The van der Waals surface area contributed by atoms with Crippen LogP contribution < -0.4 is 10.5 Å². The van der Waals surface area contributed by atoms with Gasteiger partial charge in [0.15, 0.2) is 0 Å². The minimum Gasteiger partial charge on any atom is -0.480 e. The fraction of sp³-hybridized carbons (Fsp3) is 0.600. The highest BCUT2D eigenvalue weighted by atomic mass is 16.6. The second-order valence-electron chi connectivity index (χ2n) is 6.25. The maximum Gasteiger partial charge on any atom is 0.410 e. The Labute approximate surface area is 125 Å². The molecule has 6 nitrogen and oxygen atoms in total. The van der Waals surface area contributed by atoms with Crippen LogP contribution in [-0.4, -0.2) is 41.8 Å². The van der Waals surface area contributed by atoms with E-state index in [0.29, 0.717) is 24.7 Å². The molecule has 0 saturated carbocycles.